The van der Waals surface area contributed by atoms with Crippen LogP contribution in [-0.2, 0) is 13.5 Å². The summed E-state index contributed by atoms with van der Waals surface area (Å²) in [4.78, 5) is 27.0. The molecule has 2 amide bonds. The Kier molecular flexibility index (Phi) is 4.83. The minimum Gasteiger partial charge on any atom is -0.322 e. The second kappa shape index (κ2) is 7.30. The molecular weight excluding hydrogens is 399 g/mol. The first-order valence-corrected chi connectivity index (χ1v) is 9.39. The number of hydrogen-bond donors (Lipinski definition) is 1. The van der Waals surface area contributed by atoms with E-state index in [1.54, 1.807) is 53.2 Å². The van der Waals surface area contributed by atoms with E-state index in [1.807, 2.05) is 12.1 Å². The van der Waals surface area contributed by atoms with Crippen molar-refractivity contribution in [3.8, 4) is 0 Å². The highest BCUT2D eigenvalue weighted by Crippen LogP contribution is 2.32. The van der Waals surface area contributed by atoms with E-state index in [-0.39, 0.29) is 17.4 Å². The zero-order chi connectivity index (χ0) is 19.8. The van der Waals surface area contributed by atoms with Gasteiger partial charge in [-0.1, -0.05) is 29.3 Å². The largest absolute Gasteiger partial charge is 0.322 e. The molecular formula is C20H16Cl2N4O2. The summed E-state index contributed by atoms with van der Waals surface area (Å²) in [7, 11) is 1.77. The Balaban J connectivity index is 1.55. The highest BCUT2D eigenvalue weighted by Gasteiger charge is 2.27. The SMILES string of the molecule is Cn1ccc(C(=O)N2CCc3cc(NC(=O)c4c(Cl)cccc4Cl)ccc32)n1. The van der Waals surface area contributed by atoms with Crippen molar-refractivity contribution in [3.05, 3.63) is 75.5 Å². The van der Waals surface area contributed by atoms with E-state index >= 15 is 0 Å². The molecule has 0 aliphatic carbocycles. The molecule has 1 N–H and O–H groups in total. The molecule has 0 fully saturated rings. The molecule has 0 spiro atoms. The van der Waals surface area contributed by atoms with Gasteiger partial charge in [0.05, 0.1) is 15.6 Å². The third-order valence-electron chi connectivity index (χ3n) is 4.60. The predicted molar refractivity (Wildman–Crippen MR) is 109 cm³/mol. The monoisotopic (exact) mass is 414 g/mol. The summed E-state index contributed by atoms with van der Waals surface area (Å²) in [5.41, 5.74) is 3.06. The van der Waals surface area contributed by atoms with Crippen LogP contribution in [0.3, 0.4) is 0 Å². The highest BCUT2D eigenvalue weighted by molar-refractivity contribution is 6.40. The fraction of sp³-hybridized carbons (Fsp3) is 0.150. The minimum atomic E-state index is -0.380. The van der Waals surface area contributed by atoms with Crippen LogP contribution >= 0.6 is 23.2 Å². The number of aryl methyl sites for hydroxylation is 1. The Bertz CT molecular complexity index is 1070. The molecule has 2 aromatic carbocycles. The summed E-state index contributed by atoms with van der Waals surface area (Å²) >= 11 is 12.2. The number of halogens is 2. The van der Waals surface area contributed by atoms with Gasteiger partial charge in [0.2, 0.25) is 0 Å². The van der Waals surface area contributed by atoms with Crippen molar-refractivity contribution in [2.45, 2.75) is 6.42 Å². The number of carbonyl (C=O) groups is 2. The molecule has 1 aromatic heterocycles. The van der Waals surface area contributed by atoms with Crippen LogP contribution in [0.2, 0.25) is 10.0 Å². The average molecular weight is 415 g/mol. The quantitative estimate of drug-likeness (QED) is 0.698. The molecule has 0 atom stereocenters. The molecule has 28 heavy (non-hydrogen) atoms. The van der Waals surface area contributed by atoms with Crippen molar-refractivity contribution in [2.24, 2.45) is 7.05 Å². The van der Waals surface area contributed by atoms with Gasteiger partial charge in [-0.05, 0) is 48.4 Å². The molecule has 1 aliphatic heterocycles. The van der Waals surface area contributed by atoms with Gasteiger partial charge in [-0.2, -0.15) is 5.10 Å². The number of anilines is 2. The summed E-state index contributed by atoms with van der Waals surface area (Å²) < 4.78 is 1.60. The van der Waals surface area contributed by atoms with Gasteiger partial charge in [0.15, 0.2) is 5.69 Å². The van der Waals surface area contributed by atoms with E-state index in [4.69, 9.17) is 23.2 Å². The van der Waals surface area contributed by atoms with Crippen molar-refractivity contribution in [2.75, 3.05) is 16.8 Å². The van der Waals surface area contributed by atoms with E-state index in [0.717, 1.165) is 11.3 Å². The van der Waals surface area contributed by atoms with Crippen LogP contribution in [0.25, 0.3) is 0 Å². The lowest BCUT2D eigenvalue weighted by atomic mass is 10.1. The third-order valence-corrected chi connectivity index (χ3v) is 5.23. The molecule has 1 aliphatic rings. The third kappa shape index (κ3) is 3.37. The summed E-state index contributed by atoms with van der Waals surface area (Å²) in [5.74, 6) is -0.519. The molecule has 0 bridgehead atoms. The maximum absolute atomic E-state index is 12.7. The van der Waals surface area contributed by atoms with Gasteiger partial charge >= 0.3 is 0 Å². The summed E-state index contributed by atoms with van der Waals surface area (Å²) in [6.07, 6.45) is 2.44. The first kappa shape index (κ1) is 18.5. The zero-order valence-electron chi connectivity index (χ0n) is 14.9. The molecule has 0 unspecified atom stereocenters. The van der Waals surface area contributed by atoms with E-state index in [9.17, 15) is 9.59 Å². The molecule has 0 radical (unpaired) electrons. The molecule has 2 heterocycles. The highest BCUT2D eigenvalue weighted by atomic mass is 35.5. The standard InChI is InChI=1S/C20H16Cl2N4O2/c1-25-9-8-16(24-25)20(28)26-10-7-12-11-13(5-6-17(12)26)23-19(27)18-14(21)3-2-4-15(18)22/h2-6,8-9,11H,7,10H2,1H3,(H,23,27). The molecule has 0 saturated carbocycles. The molecule has 142 valence electrons. The van der Waals surface area contributed by atoms with Crippen LogP contribution in [0.5, 0.6) is 0 Å². The normalized spacial score (nSPS) is 12.8. The van der Waals surface area contributed by atoms with Gasteiger partial charge < -0.3 is 10.2 Å². The lowest BCUT2D eigenvalue weighted by molar-refractivity contribution is 0.0982. The predicted octanol–water partition coefficient (Wildman–Crippen LogP) is 4.18. The Morgan fingerprint density at radius 2 is 1.86 bits per heavy atom. The summed E-state index contributed by atoms with van der Waals surface area (Å²) in [6.45, 7) is 0.568. The fourth-order valence-electron chi connectivity index (χ4n) is 3.27. The molecule has 4 rings (SSSR count). The van der Waals surface area contributed by atoms with Crippen molar-refractivity contribution < 1.29 is 9.59 Å². The number of hydrogen-bond acceptors (Lipinski definition) is 3. The summed E-state index contributed by atoms with van der Waals surface area (Å²) in [5, 5.41) is 7.58. The minimum absolute atomic E-state index is 0.140. The number of amides is 2. The van der Waals surface area contributed by atoms with Crippen molar-refractivity contribution in [3.63, 3.8) is 0 Å². The zero-order valence-corrected chi connectivity index (χ0v) is 16.5. The van der Waals surface area contributed by atoms with Gasteiger partial charge in [-0.3, -0.25) is 14.3 Å². The Labute approximate surface area is 171 Å². The number of benzene rings is 2. The van der Waals surface area contributed by atoms with Gasteiger partial charge in [-0.25, -0.2) is 0 Å². The first-order chi connectivity index (χ1) is 13.4. The number of carbonyl (C=O) groups excluding carboxylic acids is 2. The van der Waals surface area contributed by atoms with E-state index < -0.39 is 0 Å². The van der Waals surface area contributed by atoms with Crippen molar-refractivity contribution in [1.82, 2.24) is 9.78 Å². The van der Waals surface area contributed by atoms with Crippen LogP contribution in [0.15, 0.2) is 48.7 Å². The number of fused-ring (bicyclic) bond motifs is 1. The van der Waals surface area contributed by atoms with Crippen LogP contribution in [-0.4, -0.2) is 28.1 Å². The Hall–Kier alpha value is -2.83. The lowest BCUT2D eigenvalue weighted by Crippen LogP contribution is -2.29. The van der Waals surface area contributed by atoms with Crippen LogP contribution in [0.4, 0.5) is 11.4 Å². The van der Waals surface area contributed by atoms with Gasteiger partial charge in [-0.15, -0.1) is 0 Å². The van der Waals surface area contributed by atoms with Crippen molar-refractivity contribution in [1.29, 1.82) is 0 Å². The van der Waals surface area contributed by atoms with Crippen LogP contribution < -0.4 is 10.2 Å². The smallest absolute Gasteiger partial charge is 0.278 e. The number of rotatable bonds is 3. The second-order valence-electron chi connectivity index (χ2n) is 6.48. The Morgan fingerprint density at radius 3 is 2.54 bits per heavy atom. The number of aromatic nitrogens is 2. The Morgan fingerprint density at radius 1 is 1.11 bits per heavy atom. The van der Waals surface area contributed by atoms with Gasteiger partial charge in [0.25, 0.3) is 11.8 Å². The molecule has 3 aromatic rings. The van der Waals surface area contributed by atoms with Crippen LogP contribution in [0.1, 0.15) is 26.4 Å². The van der Waals surface area contributed by atoms with E-state index in [1.165, 1.54) is 0 Å². The summed E-state index contributed by atoms with van der Waals surface area (Å²) in [6, 6.07) is 12.1. The van der Waals surface area contributed by atoms with Crippen molar-refractivity contribution >= 4 is 46.4 Å². The van der Waals surface area contributed by atoms with Gasteiger partial charge in [0.1, 0.15) is 0 Å². The maximum atomic E-state index is 12.7. The topological polar surface area (TPSA) is 67.2 Å². The van der Waals surface area contributed by atoms with E-state index in [2.05, 4.69) is 10.4 Å². The van der Waals surface area contributed by atoms with E-state index in [0.29, 0.717) is 34.4 Å². The second-order valence-corrected chi connectivity index (χ2v) is 7.29. The lowest BCUT2D eigenvalue weighted by Gasteiger charge is -2.16. The molecule has 0 saturated heterocycles. The molecule has 8 heteroatoms. The number of nitrogens with one attached hydrogen (secondary N) is 1. The fourth-order valence-corrected chi connectivity index (χ4v) is 3.84. The maximum Gasteiger partial charge on any atom is 0.278 e. The van der Waals surface area contributed by atoms with Gasteiger partial charge in [0, 0.05) is 31.2 Å². The van der Waals surface area contributed by atoms with Crippen LogP contribution in [0, 0.1) is 0 Å². The first-order valence-electron chi connectivity index (χ1n) is 8.64. The average Bonchev–Trinajstić information content (AvgIpc) is 3.27. The number of nitrogens with zero attached hydrogens (tertiary/aromatic N) is 3. The molecule has 6 nitrogen and oxygen atoms in total.